The summed E-state index contributed by atoms with van der Waals surface area (Å²) in [5.74, 6) is 0. The Morgan fingerprint density at radius 1 is 1.37 bits per heavy atom. The van der Waals surface area contributed by atoms with Crippen molar-refractivity contribution in [2.45, 2.75) is 25.0 Å². The Labute approximate surface area is 118 Å². The number of hydrogen-bond acceptors (Lipinski definition) is 6. The van der Waals surface area contributed by atoms with Gasteiger partial charge in [0.2, 0.25) is 0 Å². The number of nitrogens with one attached hydrogen (secondary N) is 1. The van der Waals surface area contributed by atoms with E-state index in [-0.39, 0.29) is 6.10 Å². The number of hydrogen-bond donors (Lipinski definition) is 2. The standard InChI is InChI=1S/C13H22N4OS/c18-12(9-15-11-1-2-11)10-16-4-6-17(7-5-16)13-14-3-8-19-13/h3,8,11-12,15,18H,1-2,4-7,9-10H2. The SMILES string of the molecule is OC(CNC1CC1)CN1CCN(c2nccs2)CC1. The number of nitrogens with zero attached hydrogens (tertiary/aromatic N) is 3. The van der Waals surface area contributed by atoms with Crippen LogP contribution in [0.15, 0.2) is 11.6 Å². The van der Waals surface area contributed by atoms with E-state index in [1.165, 1.54) is 12.8 Å². The molecule has 0 radical (unpaired) electrons. The van der Waals surface area contributed by atoms with Crippen molar-refractivity contribution in [3.63, 3.8) is 0 Å². The van der Waals surface area contributed by atoms with Gasteiger partial charge in [0.1, 0.15) is 0 Å². The van der Waals surface area contributed by atoms with Gasteiger partial charge >= 0.3 is 0 Å². The van der Waals surface area contributed by atoms with Crippen molar-refractivity contribution < 1.29 is 5.11 Å². The third-order valence-corrected chi connectivity index (χ3v) is 4.58. The van der Waals surface area contributed by atoms with Crippen LogP contribution in [0, 0.1) is 0 Å². The molecule has 19 heavy (non-hydrogen) atoms. The van der Waals surface area contributed by atoms with Crippen molar-refractivity contribution in [1.82, 2.24) is 15.2 Å². The zero-order valence-electron chi connectivity index (χ0n) is 11.2. The lowest BCUT2D eigenvalue weighted by Gasteiger charge is -2.35. The Morgan fingerprint density at radius 2 is 2.16 bits per heavy atom. The molecule has 106 valence electrons. The molecule has 1 aromatic rings. The number of thiazole rings is 1. The fraction of sp³-hybridized carbons (Fsp3) is 0.769. The second kappa shape index (κ2) is 6.17. The highest BCUT2D eigenvalue weighted by Gasteiger charge is 2.23. The molecule has 2 aliphatic rings. The molecule has 2 fully saturated rings. The van der Waals surface area contributed by atoms with Crippen molar-refractivity contribution >= 4 is 16.5 Å². The molecule has 1 aliphatic heterocycles. The van der Waals surface area contributed by atoms with Gasteiger partial charge in [-0.15, -0.1) is 11.3 Å². The number of rotatable bonds is 6. The normalized spacial score (nSPS) is 22.7. The Kier molecular flexibility index (Phi) is 4.32. The fourth-order valence-electron chi connectivity index (χ4n) is 2.45. The first kappa shape index (κ1) is 13.3. The second-order valence-electron chi connectivity index (χ2n) is 5.44. The zero-order chi connectivity index (χ0) is 13.1. The van der Waals surface area contributed by atoms with E-state index in [2.05, 4.69) is 20.1 Å². The molecule has 2 N–H and O–H groups in total. The van der Waals surface area contributed by atoms with Crippen LogP contribution < -0.4 is 10.2 Å². The van der Waals surface area contributed by atoms with E-state index < -0.39 is 0 Å². The van der Waals surface area contributed by atoms with Gasteiger partial charge in [-0.2, -0.15) is 0 Å². The van der Waals surface area contributed by atoms with Gasteiger partial charge in [0.15, 0.2) is 5.13 Å². The van der Waals surface area contributed by atoms with Gasteiger partial charge in [-0.05, 0) is 12.8 Å². The highest BCUT2D eigenvalue weighted by Crippen LogP contribution is 2.19. The summed E-state index contributed by atoms with van der Waals surface area (Å²) in [5, 5.41) is 16.5. The number of aromatic nitrogens is 1. The van der Waals surface area contributed by atoms with Crippen molar-refractivity contribution in [3.8, 4) is 0 Å². The average molecular weight is 282 g/mol. The minimum absolute atomic E-state index is 0.244. The zero-order valence-corrected chi connectivity index (χ0v) is 12.0. The first-order valence-electron chi connectivity index (χ1n) is 7.09. The summed E-state index contributed by atoms with van der Waals surface area (Å²) in [4.78, 5) is 9.03. The van der Waals surface area contributed by atoms with E-state index in [0.717, 1.165) is 44.4 Å². The maximum atomic E-state index is 10.00. The topological polar surface area (TPSA) is 51.6 Å². The van der Waals surface area contributed by atoms with E-state index in [0.29, 0.717) is 6.04 Å². The maximum Gasteiger partial charge on any atom is 0.185 e. The van der Waals surface area contributed by atoms with Crippen LogP contribution in [0.25, 0.3) is 0 Å². The van der Waals surface area contributed by atoms with Crippen LogP contribution in [0.2, 0.25) is 0 Å². The van der Waals surface area contributed by atoms with Crippen LogP contribution >= 0.6 is 11.3 Å². The summed E-state index contributed by atoms with van der Waals surface area (Å²) in [6, 6.07) is 0.677. The lowest BCUT2D eigenvalue weighted by molar-refractivity contribution is 0.107. The molecule has 1 saturated heterocycles. The number of aliphatic hydroxyl groups is 1. The Morgan fingerprint density at radius 3 is 2.79 bits per heavy atom. The minimum atomic E-state index is -0.244. The first-order chi connectivity index (χ1) is 9.31. The molecule has 1 aromatic heterocycles. The minimum Gasteiger partial charge on any atom is -0.390 e. The van der Waals surface area contributed by atoms with Gasteiger partial charge in [-0.1, -0.05) is 0 Å². The summed E-state index contributed by atoms with van der Waals surface area (Å²) < 4.78 is 0. The van der Waals surface area contributed by atoms with Gasteiger partial charge in [0.25, 0.3) is 0 Å². The summed E-state index contributed by atoms with van der Waals surface area (Å²) in [6.07, 6.45) is 4.17. The highest BCUT2D eigenvalue weighted by atomic mass is 32.1. The van der Waals surface area contributed by atoms with Crippen LogP contribution in [0.4, 0.5) is 5.13 Å². The van der Waals surface area contributed by atoms with Crippen LogP contribution in [-0.4, -0.2) is 66.4 Å². The lowest BCUT2D eigenvalue weighted by Crippen LogP contribution is -2.49. The van der Waals surface area contributed by atoms with Gasteiger partial charge in [0.05, 0.1) is 6.10 Å². The van der Waals surface area contributed by atoms with Crippen LogP contribution in [0.3, 0.4) is 0 Å². The molecular formula is C13H22N4OS. The summed E-state index contributed by atoms with van der Waals surface area (Å²) in [5.41, 5.74) is 0. The van der Waals surface area contributed by atoms with Gasteiger partial charge in [-0.3, -0.25) is 4.90 Å². The van der Waals surface area contributed by atoms with Crippen LogP contribution in [0.5, 0.6) is 0 Å². The molecule has 1 unspecified atom stereocenters. The monoisotopic (exact) mass is 282 g/mol. The predicted octanol–water partition coefficient (Wildman–Crippen LogP) is 0.378. The van der Waals surface area contributed by atoms with E-state index in [1.807, 2.05) is 11.6 Å². The quantitative estimate of drug-likeness (QED) is 0.790. The largest absolute Gasteiger partial charge is 0.390 e. The third kappa shape index (κ3) is 3.89. The average Bonchev–Trinajstić information content (AvgIpc) is 3.10. The molecule has 1 aliphatic carbocycles. The smallest absolute Gasteiger partial charge is 0.185 e. The van der Waals surface area contributed by atoms with Crippen molar-refractivity contribution in [3.05, 3.63) is 11.6 Å². The molecule has 0 aromatic carbocycles. The number of aliphatic hydroxyl groups excluding tert-OH is 1. The van der Waals surface area contributed by atoms with Crippen LogP contribution in [-0.2, 0) is 0 Å². The summed E-state index contributed by atoms with van der Waals surface area (Å²) in [7, 11) is 0. The Hall–Kier alpha value is -0.690. The van der Waals surface area contributed by atoms with E-state index >= 15 is 0 Å². The maximum absolute atomic E-state index is 10.00. The molecule has 0 amide bonds. The second-order valence-corrected chi connectivity index (χ2v) is 6.31. The molecule has 2 heterocycles. The third-order valence-electron chi connectivity index (χ3n) is 3.75. The van der Waals surface area contributed by atoms with Gasteiger partial charge in [0, 0.05) is 56.9 Å². The van der Waals surface area contributed by atoms with Gasteiger partial charge in [-0.25, -0.2) is 4.98 Å². The molecule has 1 atom stereocenters. The summed E-state index contributed by atoms with van der Waals surface area (Å²) in [6.45, 7) is 5.56. The number of anilines is 1. The summed E-state index contributed by atoms with van der Waals surface area (Å²) >= 11 is 1.70. The predicted molar refractivity (Wildman–Crippen MR) is 77.8 cm³/mol. The Bertz CT molecular complexity index is 374. The van der Waals surface area contributed by atoms with E-state index in [9.17, 15) is 5.11 Å². The first-order valence-corrected chi connectivity index (χ1v) is 7.97. The van der Waals surface area contributed by atoms with E-state index in [4.69, 9.17) is 0 Å². The lowest BCUT2D eigenvalue weighted by atomic mass is 10.2. The molecule has 0 spiro atoms. The fourth-order valence-corrected chi connectivity index (χ4v) is 3.14. The van der Waals surface area contributed by atoms with Gasteiger partial charge < -0.3 is 15.3 Å². The van der Waals surface area contributed by atoms with Crippen LogP contribution in [0.1, 0.15) is 12.8 Å². The molecule has 1 saturated carbocycles. The molecular weight excluding hydrogens is 260 g/mol. The molecule has 0 bridgehead atoms. The number of piperazine rings is 1. The van der Waals surface area contributed by atoms with Crippen molar-refractivity contribution in [1.29, 1.82) is 0 Å². The van der Waals surface area contributed by atoms with E-state index in [1.54, 1.807) is 11.3 Å². The van der Waals surface area contributed by atoms with Crippen molar-refractivity contribution in [2.24, 2.45) is 0 Å². The molecule has 5 nitrogen and oxygen atoms in total. The molecule has 6 heteroatoms. The number of β-amino-alcohol motifs (C(OH)–C–C–N with tert-alkyl or cyclic N) is 1. The van der Waals surface area contributed by atoms with Crippen molar-refractivity contribution in [2.75, 3.05) is 44.2 Å². The highest BCUT2D eigenvalue weighted by molar-refractivity contribution is 7.13. The molecule has 3 rings (SSSR count). The Balaban J connectivity index is 1.37.